The van der Waals surface area contributed by atoms with Gasteiger partial charge in [-0.2, -0.15) is 0 Å². The Bertz CT molecular complexity index is 1020. The van der Waals surface area contributed by atoms with Gasteiger partial charge in [0.05, 0.1) is 11.4 Å². The van der Waals surface area contributed by atoms with E-state index in [-0.39, 0.29) is 5.91 Å². The molecule has 8 heteroatoms. The van der Waals surface area contributed by atoms with Gasteiger partial charge in [0.1, 0.15) is 0 Å². The molecular weight excluding hydrogens is 416 g/mol. The lowest BCUT2D eigenvalue weighted by molar-refractivity contribution is -0.115. The van der Waals surface area contributed by atoms with Crippen LogP contribution >= 0.6 is 23.1 Å². The summed E-state index contributed by atoms with van der Waals surface area (Å²) >= 11 is 2.96. The highest BCUT2D eigenvalue weighted by molar-refractivity contribution is 7.98. The van der Waals surface area contributed by atoms with Crippen LogP contribution in [0.1, 0.15) is 67.7 Å². The normalized spacial score (nSPS) is 14.8. The Morgan fingerprint density at radius 1 is 1.20 bits per heavy atom. The van der Waals surface area contributed by atoms with Crippen molar-refractivity contribution in [2.45, 2.75) is 69.8 Å². The molecule has 158 valence electrons. The highest BCUT2D eigenvalue weighted by atomic mass is 32.2. The van der Waals surface area contributed by atoms with Crippen molar-refractivity contribution in [3.05, 3.63) is 46.3 Å². The van der Waals surface area contributed by atoms with Crippen LogP contribution in [0.3, 0.4) is 0 Å². The highest BCUT2D eigenvalue weighted by Crippen LogP contribution is 2.34. The molecule has 30 heavy (non-hydrogen) atoms. The molecule has 2 aromatic heterocycles. The molecule has 1 aromatic carbocycles. The van der Waals surface area contributed by atoms with Crippen LogP contribution in [0.4, 0.5) is 10.8 Å². The molecule has 1 fully saturated rings. The molecule has 0 bridgehead atoms. The second-order valence-electron chi connectivity index (χ2n) is 7.77. The zero-order valence-corrected chi connectivity index (χ0v) is 19.2. The predicted octanol–water partition coefficient (Wildman–Crippen LogP) is 6.17. The molecule has 1 aliphatic carbocycles. The Hall–Kier alpha value is -2.19. The van der Waals surface area contributed by atoms with Crippen molar-refractivity contribution in [3.63, 3.8) is 0 Å². The number of anilines is 2. The van der Waals surface area contributed by atoms with Gasteiger partial charge < -0.3 is 4.42 Å². The number of thioether (sulfide) groups is 1. The van der Waals surface area contributed by atoms with Crippen molar-refractivity contribution in [1.82, 2.24) is 15.2 Å². The number of carbonyl (C=O) groups excluding carboxylic acids is 1. The molecule has 0 unspecified atom stereocenters. The molecular formula is C22H26N4O2S2. The summed E-state index contributed by atoms with van der Waals surface area (Å²) < 4.78 is 5.88. The van der Waals surface area contributed by atoms with Crippen molar-refractivity contribution in [2.24, 2.45) is 0 Å². The maximum Gasteiger partial charge on any atom is 0.276 e. The van der Waals surface area contributed by atoms with E-state index in [9.17, 15) is 4.79 Å². The van der Waals surface area contributed by atoms with E-state index in [1.54, 1.807) is 11.8 Å². The Balaban J connectivity index is 1.43. The molecule has 0 spiro atoms. The minimum Gasteiger partial charge on any atom is -0.416 e. The Kier molecular flexibility index (Phi) is 6.53. The number of hydrogen-bond donors (Lipinski definition) is 0. The molecule has 0 saturated heterocycles. The number of amides is 1. The number of rotatable bonds is 6. The van der Waals surface area contributed by atoms with Gasteiger partial charge in [0.25, 0.3) is 5.22 Å². The lowest BCUT2D eigenvalue weighted by Gasteiger charge is -2.19. The van der Waals surface area contributed by atoms with Crippen LogP contribution in [0.2, 0.25) is 0 Å². The summed E-state index contributed by atoms with van der Waals surface area (Å²) in [6, 6.07) is 6.02. The monoisotopic (exact) mass is 442 g/mol. The van der Waals surface area contributed by atoms with Gasteiger partial charge in [0.2, 0.25) is 11.8 Å². The number of hydrogen-bond acceptors (Lipinski definition) is 7. The van der Waals surface area contributed by atoms with E-state index in [1.807, 2.05) is 30.5 Å². The zero-order chi connectivity index (χ0) is 21.1. The van der Waals surface area contributed by atoms with E-state index in [1.165, 1.54) is 47.9 Å². The average Bonchev–Trinajstić information content (AvgIpc) is 3.39. The standard InChI is InChI=1S/C22H26N4O2S2/c1-14-9-10-19(11-15(14)2)26(16(3)27)21-23-18(12-29-21)13-30-22-25-24-20(28-22)17-7-5-4-6-8-17/h9-12,17H,4-8,13H2,1-3H3. The summed E-state index contributed by atoms with van der Waals surface area (Å²) in [7, 11) is 0. The first-order valence-corrected chi connectivity index (χ1v) is 12.2. The Morgan fingerprint density at radius 2 is 2.00 bits per heavy atom. The summed E-state index contributed by atoms with van der Waals surface area (Å²) in [5.74, 6) is 1.75. The molecule has 0 N–H and O–H groups in total. The summed E-state index contributed by atoms with van der Waals surface area (Å²) in [5.41, 5.74) is 4.09. The summed E-state index contributed by atoms with van der Waals surface area (Å²) in [6.07, 6.45) is 6.06. The van der Waals surface area contributed by atoms with E-state index in [0.717, 1.165) is 35.7 Å². The number of nitrogens with zero attached hydrogens (tertiary/aromatic N) is 4. The van der Waals surface area contributed by atoms with Crippen molar-refractivity contribution in [1.29, 1.82) is 0 Å². The van der Waals surface area contributed by atoms with Crippen LogP contribution < -0.4 is 4.90 Å². The van der Waals surface area contributed by atoms with Gasteiger partial charge in [-0.15, -0.1) is 21.5 Å². The van der Waals surface area contributed by atoms with E-state index < -0.39 is 0 Å². The van der Waals surface area contributed by atoms with Gasteiger partial charge in [0, 0.05) is 24.0 Å². The first-order valence-electron chi connectivity index (χ1n) is 10.3. The first-order chi connectivity index (χ1) is 14.5. The number of carbonyl (C=O) groups is 1. The maximum absolute atomic E-state index is 12.3. The molecule has 0 atom stereocenters. The minimum absolute atomic E-state index is 0.0548. The zero-order valence-electron chi connectivity index (χ0n) is 17.6. The SMILES string of the molecule is CC(=O)N(c1ccc(C)c(C)c1)c1nc(CSc2nnc(C3CCCCC3)o2)cs1. The second kappa shape index (κ2) is 9.31. The average molecular weight is 443 g/mol. The van der Waals surface area contributed by atoms with E-state index >= 15 is 0 Å². The van der Waals surface area contributed by atoms with Crippen LogP contribution in [-0.4, -0.2) is 21.1 Å². The van der Waals surface area contributed by atoms with Crippen LogP contribution in [0.5, 0.6) is 0 Å². The van der Waals surface area contributed by atoms with Crippen LogP contribution in [0.25, 0.3) is 0 Å². The smallest absolute Gasteiger partial charge is 0.276 e. The largest absolute Gasteiger partial charge is 0.416 e. The molecule has 6 nitrogen and oxygen atoms in total. The molecule has 1 saturated carbocycles. The first kappa shape index (κ1) is 21.1. The predicted molar refractivity (Wildman–Crippen MR) is 121 cm³/mol. The Morgan fingerprint density at radius 3 is 2.73 bits per heavy atom. The van der Waals surface area contributed by atoms with E-state index in [0.29, 0.717) is 22.0 Å². The molecule has 3 aromatic rings. The van der Waals surface area contributed by atoms with Crippen LogP contribution in [-0.2, 0) is 10.5 Å². The van der Waals surface area contributed by atoms with Crippen LogP contribution in [0, 0.1) is 13.8 Å². The van der Waals surface area contributed by atoms with E-state index in [4.69, 9.17) is 4.42 Å². The second-order valence-corrected chi connectivity index (χ2v) is 9.54. The third kappa shape index (κ3) is 4.75. The maximum atomic E-state index is 12.3. The topological polar surface area (TPSA) is 72.1 Å². The third-order valence-electron chi connectivity index (χ3n) is 5.51. The Labute approximate surface area is 185 Å². The number of benzene rings is 1. The number of aryl methyl sites for hydroxylation is 2. The molecule has 1 aliphatic rings. The van der Waals surface area contributed by atoms with Gasteiger partial charge in [-0.1, -0.05) is 37.1 Å². The van der Waals surface area contributed by atoms with Crippen molar-refractivity contribution in [3.8, 4) is 0 Å². The van der Waals surface area contributed by atoms with Crippen LogP contribution in [0.15, 0.2) is 33.2 Å². The molecule has 0 radical (unpaired) electrons. The van der Waals surface area contributed by atoms with Crippen molar-refractivity contribution in [2.75, 3.05) is 4.90 Å². The fraction of sp³-hybridized carbons (Fsp3) is 0.455. The molecule has 4 rings (SSSR count). The summed E-state index contributed by atoms with van der Waals surface area (Å²) in [5, 5.41) is 11.7. The molecule has 2 heterocycles. The fourth-order valence-electron chi connectivity index (χ4n) is 3.69. The molecule has 1 amide bonds. The van der Waals surface area contributed by atoms with E-state index in [2.05, 4.69) is 22.1 Å². The third-order valence-corrected chi connectivity index (χ3v) is 7.24. The lowest BCUT2D eigenvalue weighted by atomic mass is 9.89. The van der Waals surface area contributed by atoms with Crippen molar-refractivity contribution < 1.29 is 9.21 Å². The summed E-state index contributed by atoms with van der Waals surface area (Å²) in [6.45, 7) is 5.68. The van der Waals surface area contributed by atoms with Gasteiger partial charge >= 0.3 is 0 Å². The minimum atomic E-state index is -0.0548. The fourth-order valence-corrected chi connectivity index (χ4v) is 5.34. The molecule has 0 aliphatic heterocycles. The highest BCUT2D eigenvalue weighted by Gasteiger charge is 2.22. The summed E-state index contributed by atoms with van der Waals surface area (Å²) in [4.78, 5) is 18.7. The van der Waals surface area contributed by atoms with Gasteiger partial charge in [-0.25, -0.2) is 4.98 Å². The van der Waals surface area contributed by atoms with Gasteiger partial charge in [-0.05, 0) is 49.9 Å². The quantitative estimate of drug-likeness (QED) is 0.425. The van der Waals surface area contributed by atoms with Gasteiger partial charge in [0.15, 0.2) is 5.13 Å². The van der Waals surface area contributed by atoms with Crippen molar-refractivity contribution >= 4 is 39.8 Å². The number of aromatic nitrogens is 3. The number of thiazole rings is 1. The lowest BCUT2D eigenvalue weighted by Crippen LogP contribution is -2.22. The van der Waals surface area contributed by atoms with Gasteiger partial charge in [-0.3, -0.25) is 9.69 Å².